The Morgan fingerprint density at radius 1 is 1.35 bits per heavy atom. The second-order valence-electron chi connectivity index (χ2n) is 3.30. The highest BCUT2D eigenvalue weighted by atomic mass is 16.5. The molecule has 0 saturated heterocycles. The average Bonchev–Trinajstić information content (AvgIpc) is 2.33. The summed E-state index contributed by atoms with van der Waals surface area (Å²) >= 11 is 0. The fraction of sp³-hybridized carbons (Fsp3) is 0.200. The van der Waals surface area contributed by atoms with E-state index in [9.17, 15) is 10.3 Å². The monoisotopic (exact) mass is 237 g/mol. The lowest BCUT2D eigenvalue weighted by Crippen LogP contribution is -2.32. The zero-order valence-electron chi connectivity index (χ0n) is 9.30. The van der Waals surface area contributed by atoms with Gasteiger partial charge in [-0.25, -0.2) is 0 Å². The number of nitrogens with zero attached hydrogens (tertiary/aromatic N) is 2. The fourth-order valence-electron chi connectivity index (χ4n) is 1.70. The first-order chi connectivity index (χ1) is 8.11. The van der Waals surface area contributed by atoms with Gasteiger partial charge in [-0.1, -0.05) is 0 Å². The number of benzene rings is 1. The highest BCUT2D eigenvalue weighted by molar-refractivity contribution is 5.97. The Morgan fingerprint density at radius 3 is 2.59 bits per heavy atom. The SMILES string of the molecule is COc1c(OC)c(N)c2c(ccn[n+]2[O-])c1O. The van der Waals surface area contributed by atoms with Crippen molar-refractivity contribution < 1.29 is 19.4 Å². The third-order valence-electron chi connectivity index (χ3n) is 2.44. The van der Waals surface area contributed by atoms with Crippen molar-refractivity contribution in [2.75, 3.05) is 20.0 Å². The number of hydrogen-bond donors (Lipinski definition) is 2. The molecule has 0 unspecified atom stereocenters. The molecule has 90 valence electrons. The van der Waals surface area contributed by atoms with Crippen LogP contribution < -0.4 is 20.1 Å². The first kappa shape index (κ1) is 11.1. The quantitative estimate of drug-likeness (QED) is 0.334. The summed E-state index contributed by atoms with van der Waals surface area (Å²) in [7, 11) is 2.74. The maximum atomic E-state index is 11.5. The number of aromatic nitrogens is 2. The molecule has 7 nitrogen and oxygen atoms in total. The van der Waals surface area contributed by atoms with Crippen LogP contribution in [-0.2, 0) is 0 Å². The van der Waals surface area contributed by atoms with Crippen molar-refractivity contribution >= 4 is 16.6 Å². The molecule has 0 aliphatic heterocycles. The van der Waals surface area contributed by atoms with Gasteiger partial charge in [-0.3, -0.25) is 0 Å². The number of ether oxygens (including phenoxy) is 2. The van der Waals surface area contributed by atoms with E-state index in [0.717, 1.165) is 0 Å². The van der Waals surface area contributed by atoms with Crippen molar-refractivity contribution in [3.05, 3.63) is 17.5 Å². The number of methoxy groups -OCH3 is 2. The Bertz CT molecular complexity index is 586. The lowest BCUT2D eigenvalue weighted by Gasteiger charge is -2.13. The number of rotatable bonds is 2. The lowest BCUT2D eigenvalue weighted by molar-refractivity contribution is -0.642. The first-order valence-corrected chi connectivity index (χ1v) is 4.72. The van der Waals surface area contributed by atoms with Gasteiger partial charge >= 0.3 is 0 Å². The van der Waals surface area contributed by atoms with Gasteiger partial charge in [0.2, 0.25) is 5.75 Å². The molecule has 0 atom stereocenters. The van der Waals surface area contributed by atoms with Crippen LogP contribution in [0.15, 0.2) is 12.3 Å². The minimum absolute atomic E-state index is 0.0441. The van der Waals surface area contributed by atoms with Crippen molar-refractivity contribution in [1.82, 2.24) is 5.10 Å². The minimum Gasteiger partial charge on any atom is -0.594 e. The van der Waals surface area contributed by atoms with E-state index in [-0.39, 0.29) is 33.8 Å². The van der Waals surface area contributed by atoms with E-state index in [1.165, 1.54) is 26.5 Å². The zero-order valence-corrected chi connectivity index (χ0v) is 9.30. The van der Waals surface area contributed by atoms with Crippen LogP contribution >= 0.6 is 0 Å². The Kier molecular flexibility index (Phi) is 2.51. The molecule has 0 fully saturated rings. The van der Waals surface area contributed by atoms with E-state index in [0.29, 0.717) is 4.85 Å². The van der Waals surface area contributed by atoms with Crippen molar-refractivity contribution in [3.63, 3.8) is 0 Å². The van der Waals surface area contributed by atoms with E-state index < -0.39 is 0 Å². The summed E-state index contributed by atoms with van der Waals surface area (Å²) < 4.78 is 10.0. The molecule has 1 aromatic carbocycles. The van der Waals surface area contributed by atoms with Gasteiger partial charge < -0.3 is 25.5 Å². The van der Waals surface area contributed by atoms with E-state index in [2.05, 4.69) is 5.10 Å². The van der Waals surface area contributed by atoms with Crippen LogP contribution in [0.25, 0.3) is 10.9 Å². The number of anilines is 1. The standard InChI is InChI=1S/C10H11N3O4/c1-16-9-6(11)7-5(3-4-12-13(7)15)8(14)10(9)17-2/h3-4,14H,11H2,1-2H3. The summed E-state index contributed by atoms with van der Waals surface area (Å²) in [5.41, 5.74) is 5.91. The smallest absolute Gasteiger partial charge is 0.282 e. The van der Waals surface area contributed by atoms with Crippen LogP contribution in [0.2, 0.25) is 0 Å². The maximum Gasteiger partial charge on any atom is 0.282 e. The molecule has 2 rings (SSSR count). The molecular weight excluding hydrogens is 226 g/mol. The van der Waals surface area contributed by atoms with E-state index in [1.54, 1.807) is 0 Å². The fourth-order valence-corrected chi connectivity index (χ4v) is 1.70. The molecule has 7 heteroatoms. The number of nitrogens with two attached hydrogens (primary N) is 1. The molecule has 0 aliphatic carbocycles. The number of aromatic hydroxyl groups is 1. The highest BCUT2D eigenvalue weighted by Crippen LogP contribution is 2.46. The van der Waals surface area contributed by atoms with Gasteiger partial charge in [0.1, 0.15) is 0 Å². The summed E-state index contributed by atoms with van der Waals surface area (Å²) in [6.07, 6.45) is 1.26. The van der Waals surface area contributed by atoms with Gasteiger partial charge in [0.15, 0.2) is 17.2 Å². The predicted octanol–water partition coefficient (Wildman–Crippen LogP) is 0.173. The zero-order chi connectivity index (χ0) is 12.6. The lowest BCUT2D eigenvalue weighted by atomic mass is 10.1. The number of phenols is 1. The van der Waals surface area contributed by atoms with Crippen LogP contribution in [0, 0.1) is 5.21 Å². The number of hydrogen-bond acceptors (Lipinski definition) is 6. The third-order valence-corrected chi connectivity index (χ3v) is 2.44. The second kappa shape index (κ2) is 3.85. The second-order valence-corrected chi connectivity index (χ2v) is 3.30. The van der Waals surface area contributed by atoms with Gasteiger partial charge in [0, 0.05) is 5.10 Å². The predicted molar refractivity (Wildman–Crippen MR) is 59.9 cm³/mol. The number of phenolic OH excluding ortho intramolecular Hbond substituents is 1. The normalized spacial score (nSPS) is 10.5. The third kappa shape index (κ3) is 1.43. The summed E-state index contributed by atoms with van der Waals surface area (Å²) in [6, 6.07) is 1.47. The van der Waals surface area contributed by atoms with Crippen molar-refractivity contribution in [2.45, 2.75) is 0 Å². The summed E-state index contributed by atoms with van der Waals surface area (Å²) in [5, 5.41) is 25.3. The van der Waals surface area contributed by atoms with Gasteiger partial charge in [-0.05, 0) is 10.9 Å². The number of fused-ring (bicyclic) bond motifs is 1. The molecule has 0 radical (unpaired) electrons. The van der Waals surface area contributed by atoms with Gasteiger partial charge in [0.25, 0.3) is 5.52 Å². The van der Waals surface area contributed by atoms with Crippen LogP contribution in [0.4, 0.5) is 5.69 Å². The van der Waals surface area contributed by atoms with Crippen LogP contribution in [0.3, 0.4) is 0 Å². The molecule has 0 aliphatic rings. The highest BCUT2D eigenvalue weighted by Gasteiger charge is 2.24. The van der Waals surface area contributed by atoms with Gasteiger partial charge in [-0.15, -0.1) is 0 Å². The summed E-state index contributed by atoms with van der Waals surface area (Å²) in [5.74, 6) is -0.0145. The molecule has 3 N–H and O–H groups in total. The average molecular weight is 237 g/mol. The molecule has 2 aromatic rings. The van der Waals surface area contributed by atoms with Gasteiger partial charge in [-0.2, -0.15) is 0 Å². The van der Waals surface area contributed by atoms with Crippen LogP contribution in [0.1, 0.15) is 0 Å². The van der Waals surface area contributed by atoms with Gasteiger partial charge in [0.05, 0.1) is 25.8 Å². The number of nitrogen functional groups attached to an aromatic ring is 1. The topological polar surface area (TPSA) is 105 Å². The largest absolute Gasteiger partial charge is 0.594 e. The van der Waals surface area contributed by atoms with Crippen LogP contribution in [-0.4, -0.2) is 24.4 Å². The van der Waals surface area contributed by atoms with Crippen LogP contribution in [0.5, 0.6) is 17.2 Å². The maximum absolute atomic E-state index is 11.5. The Morgan fingerprint density at radius 2 is 2.00 bits per heavy atom. The molecular formula is C10H11N3O4. The summed E-state index contributed by atoms with van der Waals surface area (Å²) in [4.78, 5) is 0.326. The molecule has 1 aromatic heterocycles. The minimum atomic E-state index is -0.208. The van der Waals surface area contributed by atoms with E-state index in [4.69, 9.17) is 15.2 Å². The molecule has 0 amide bonds. The van der Waals surface area contributed by atoms with Crippen molar-refractivity contribution in [3.8, 4) is 17.2 Å². The van der Waals surface area contributed by atoms with Crippen molar-refractivity contribution in [2.24, 2.45) is 0 Å². The Labute approximate surface area is 96.6 Å². The molecule has 0 bridgehead atoms. The Balaban J connectivity index is 2.99. The Hall–Kier alpha value is -2.44. The van der Waals surface area contributed by atoms with E-state index in [1.807, 2.05) is 0 Å². The molecule has 0 spiro atoms. The molecule has 17 heavy (non-hydrogen) atoms. The molecule has 1 heterocycles. The summed E-state index contributed by atoms with van der Waals surface area (Å²) in [6.45, 7) is 0. The van der Waals surface area contributed by atoms with Crippen molar-refractivity contribution in [1.29, 1.82) is 0 Å². The first-order valence-electron chi connectivity index (χ1n) is 4.72. The molecule has 0 saturated carbocycles. The van der Waals surface area contributed by atoms with E-state index >= 15 is 0 Å².